The van der Waals surface area contributed by atoms with Gasteiger partial charge < -0.3 is 15.1 Å². The maximum Gasteiger partial charge on any atom is 0.266 e. The van der Waals surface area contributed by atoms with Gasteiger partial charge in [-0.1, -0.05) is 37.4 Å². The van der Waals surface area contributed by atoms with E-state index >= 15 is 0 Å². The number of thiophene rings is 1. The van der Waals surface area contributed by atoms with Gasteiger partial charge in [-0.05, 0) is 61.5 Å². The van der Waals surface area contributed by atoms with Crippen LogP contribution in [0.5, 0.6) is 0 Å². The molecule has 2 aromatic heterocycles. The molecule has 2 amide bonds. The fourth-order valence-electron chi connectivity index (χ4n) is 3.09. The zero-order valence-electron chi connectivity index (χ0n) is 22.3. The predicted molar refractivity (Wildman–Crippen MR) is 156 cm³/mol. The monoisotopic (exact) mass is 570 g/mol. The van der Waals surface area contributed by atoms with E-state index in [-0.39, 0.29) is 16.4 Å². The van der Waals surface area contributed by atoms with Gasteiger partial charge in [0.05, 0.1) is 15.8 Å². The molecule has 0 saturated carbocycles. The van der Waals surface area contributed by atoms with E-state index in [1.165, 1.54) is 11.2 Å². The van der Waals surface area contributed by atoms with Gasteiger partial charge >= 0.3 is 0 Å². The summed E-state index contributed by atoms with van der Waals surface area (Å²) in [6.07, 6.45) is 1.37. The summed E-state index contributed by atoms with van der Waals surface area (Å²) in [4.78, 5) is 38.0. The van der Waals surface area contributed by atoms with Gasteiger partial charge in [0.2, 0.25) is 0 Å². The first kappa shape index (κ1) is 29.3. The topological polar surface area (TPSA) is 101 Å². The molecule has 2 heterocycles. The average molecular weight is 571 g/mol. The number of nitrogens with zero attached hydrogens (tertiary/aromatic N) is 4. The van der Waals surface area contributed by atoms with Crippen LogP contribution in [-0.4, -0.2) is 43.3 Å². The summed E-state index contributed by atoms with van der Waals surface area (Å²) in [7, 11) is -1.90. The molecule has 0 fully saturated rings. The number of aryl methyl sites for hydroxylation is 1. The zero-order chi connectivity index (χ0) is 28.1. The van der Waals surface area contributed by atoms with Gasteiger partial charge in [-0.2, -0.15) is 11.5 Å². The highest BCUT2D eigenvalue weighted by atomic mass is 35.5. The summed E-state index contributed by atoms with van der Waals surface area (Å²) in [6.45, 7) is 21.0. The van der Waals surface area contributed by atoms with Crippen molar-refractivity contribution in [1.82, 2.24) is 9.97 Å². The molecule has 3 rings (SSSR count). The van der Waals surface area contributed by atoms with Crippen LogP contribution in [0.1, 0.15) is 46.6 Å². The molecular weight excluding hydrogens is 540 g/mol. The Morgan fingerprint density at radius 2 is 1.82 bits per heavy atom. The van der Waals surface area contributed by atoms with Crippen LogP contribution in [0.2, 0.25) is 22.5 Å². The predicted octanol–water partition coefficient (Wildman–Crippen LogP) is 6.67. The second kappa shape index (κ2) is 12.0. The Balaban J connectivity index is 1.67. The van der Waals surface area contributed by atoms with Crippen molar-refractivity contribution in [3.8, 4) is 0 Å². The molecule has 200 valence electrons. The third-order valence-electron chi connectivity index (χ3n) is 6.30. The minimum absolute atomic E-state index is 0.0959. The molecule has 38 heavy (non-hydrogen) atoms. The summed E-state index contributed by atoms with van der Waals surface area (Å²) in [5.41, 5.74) is 1.32. The number of anilines is 3. The Bertz CT molecular complexity index is 1350. The molecular formula is C26H31ClN6O3SSi. The fraction of sp³-hybridized carbons (Fsp3) is 0.346. The largest absolute Gasteiger partial charge is 0.415 e. The van der Waals surface area contributed by atoms with Crippen molar-refractivity contribution in [2.24, 2.45) is 0 Å². The molecule has 2 N–H and O–H groups in total. The molecule has 0 aliphatic heterocycles. The number of hydrogen-bond acceptors (Lipinski definition) is 7. The Morgan fingerprint density at radius 1 is 1.13 bits per heavy atom. The molecule has 1 aromatic carbocycles. The van der Waals surface area contributed by atoms with Gasteiger partial charge in [-0.15, -0.1) is 11.3 Å². The van der Waals surface area contributed by atoms with Crippen LogP contribution in [0.3, 0.4) is 0 Å². The first-order valence-electron chi connectivity index (χ1n) is 11.9. The van der Waals surface area contributed by atoms with Gasteiger partial charge in [0, 0.05) is 11.9 Å². The van der Waals surface area contributed by atoms with Crippen LogP contribution >= 0.6 is 22.9 Å². The number of halogens is 1. The number of carbonyl (C=O) groups excluding carboxylic acids is 2. The van der Waals surface area contributed by atoms with E-state index in [1.54, 1.807) is 43.3 Å². The lowest BCUT2D eigenvalue weighted by Gasteiger charge is -2.36. The quantitative estimate of drug-likeness (QED) is 0.169. The van der Waals surface area contributed by atoms with Gasteiger partial charge in [0.15, 0.2) is 8.32 Å². The molecule has 0 aliphatic rings. The minimum atomic E-state index is -1.90. The Morgan fingerprint density at radius 3 is 2.39 bits per heavy atom. The van der Waals surface area contributed by atoms with E-state index in [4.69, 9.17) is 22.6 Å². The van der Waals surface area contributed by atoms with Gasteiger partial charge in [0.1, 0.15) is 29.4 Å². The van der Waals surface area contributed by atoms with Gasteiger partial charge in [-0.25, -0.2) is 9.97 Å². The maximum atomic E-state index is 13.0. The number of rotatable bonds is 9. The van der Waals surface area contributed by atoms with Crippen LogP contribution < -0.4 is 15.6 Å². The normalized spacial score (nSPS) is 11.5. The van der Waals surface area contributed by atoms with E-state index in [2.05, 4.69) is 59.4 Å². The zero-order valence-corrected chi connectivity index (χ0v) is 24.8. The number of aromatic nitrogens is 2. The second-order valence-corrected chi connectivity index (χ2v) is 16.6. The number of benzene rings is 1. The van der Waals surface area contributed by atoms with Gasteiger partial charge in [0.25, 0.3) is 11.8 Å². The van der Waals surface area contributed by atoms with Crippen LogP contribution in [0, 0.1) is 13.5 Å². The summed E-state index contributed by atoms with van der Waals surface area (Å²) >= 11 is 7.06. The first-order valence-corrected chi connectivity index (χ1v) is 16.0. The van der Waals surface area contributed by atoms with Crippen molar-refractivity contribution in [2.45, 2.75) is 45.8 Å². The van der Waals surface area contributed by atoms with Crippen molar-refractivity contribution in [3.05, 3.63) is 74.7 Å². The molecule has 0 aliphatic carbocycles. The van der Waals surface area contributed by atoms with Crippen molar-refractivity contribution in [3.63, 3.8) is 0 Å². The van der Waals surface area contributed by atoms with Crippen LogP contribution in [0.4, 0.5) is 17.2 Å². The molecule has 0 spiro atoms. The van der Waals surface area contributed by atoms with Crippen LogP contribution in [0.15, 0.2) is 42.6 Å². The molecule has 3 aromatic rings. The highest BCUT2D eigenvalue weighted by Gasteiger charge is 2.37. The molecule has 12 heteroatoms. The van der Waals surface area contributed by atoms with E-state index in [0.717, 1.165) is 11.3 Å². The Kier molecular flexibility index (Phi) is 9.27. The maximum absolute atomic E-state index is 13.0. The van der Waals surface area contributed by atoms with Crippen molar-refractivity contribution in [1.29, 1.82) is 0 Å². The lowest BCUT2D eigenvalue weighted by molar-refractivity contribution is 0.102. The SMILES string of the molecule is [C-]#[N+]N(CCO[Si](C)(C)C(C)(C)C)c1ccc(NC(=O)c2cnc(C)nc2NC(=O)c2ccc(Cl)s2)cc1. The molecule has 0 bridgehead atoms. The molecule has 0 unspecified atom stereocenters. The summed E-state index contributed by atoms with van der Waals surface area (Å²) in [5.74, 6) is -0.401. The number of carbonyl (C=O) groups is 2. The molecule has 0 saturated heterocycles. The Hall–Kier alpha value is -3.30. The standard InChI is InChI=1S/C26H31ClN6O3SSi/c1-17-29-16-20(23(30-17)32-25(35)21-12-13-22(27)37-21)24(34)31-18-8-10-19(11-9-18)33(28-5)14-15-36-38(6,7)26(2,3)4/h8-13,16H,14-15H2,1-4,6-7H3,(H,31,34)(H,29,30,32,35). The Labute approximate surface area is 233 Å². The lowest BCUT2D eigenvalue weighted by Crippen LogP contribution is -2.42. The smallest absolute Gasteiger partial charge is 0.266 e. The minimum Gasteiger partial charge on any atom is -0.415 e. The second-order valence-electron chi connectivity index (χ2n) is 10.1. The highest BCUT2D eigenvalue weighted by Crippen LogP contribution is 2.36. The average Bonchev–Trinajstić information content (AvgIpc) is 3.28. The number of amides is 2. The van der Waals surface area contributed by atoms with Crippen molar-refractivity contribution in [2.75, 3.05) is 28.8 Å². The molecule has 0 radical (unpaired) electrons. The van der Waals surface area contributed by atoms with Gasteiger partial charge in [-0.3, -0.25) is 9.59 Å². The lowest BCUT2D eigenvalue weighted by atomic mass is 10.2. The number of hydrogen-bond donors (Lipinski definition) is 2. The van der Waals surface area contributed by atoms with E-state index in [0.29, 0.717) is 39.6 Å². The van der Waals surface area contributed by atoms with Crippen molar-refractivity contribution < 1.29 is 14.0 Å². The third-order valence-corrected chi connectivity index (χ3v) is 12.1. The number of nitrogens with one attached hydrogen (secondary N) is 2. The molecule has 0 atom stereocenters. The van der Waals surface area contributed by atoms with E-state index in [1.807, 2.05) is 0 Å². The van der Waals surface area contributed by atoms with E-state index < -0.39 is 20.1 Å². The third kappa shape index (κ3) is 7.38. The van der Waals surface area contributed by atoms with E-state index in [9.17, 15) is 9.59 Å². The van der Waals surface area contributed by atoms with Crippen molar-refractivity contribution >= 4 is 60.3 Å². The summed E-state index contributed by atoms with van der Waals surface area (Å²) < 4.78 is 6.68. The first-order chi connectivity index (χ1) is 17.8. The highest BCUT2D eigenvalue weighted by molar-refractivity contribution is 7.18. The van der Waals surface area contributed by atoms with Crippen LogP contribution in [-0.2, 0) is 4.43 Å². The molecule has 9 nitrogen and oxygen atoms in total. The summed E-state index contributed by atoms with van der Waals surface area (Å²) in [5, 5.41) is 7.10. The fourth-order valence-corrected chi connectivity index (χ4v) is 5.07. The van der Waals surface area contributed by atoms with Crippen LogP contribution in [0.25, 0.3) is 4.95 Å². The summed E-state index contributed by atoms with van der Waals surface area (Å²) in [6, 6.07) is 10.2.